The van der Waals surface area contributed by atoms with E-state index in [1.165, 1.54) is 6.08 Å². The third kappa shape index (κ3) is 0.812. The second kappa shape index (κ2) is 1.87. The minimum atomic E-state index is 0.286. The molecule has 42 valence electrons. The number of hydrogen-bond donors (Lipinski definition) is 1. The molecule has 0 saturated heterocycles. The van der Waals surface area contributed by atoms with Crippen molar-refractivity contribution in [1.29, 1.82) is 0 Å². The van der Waals surface area contributed by atoms with Gasteiger partial charge in [-0.2, -0.15) is 0 Å². The maximum absolute atomic E-state index is 9.90. The molecule has 1 aliphatic heterocycles. The van der Waals surface area contributed by atoms with Crippen LogP contribution in [0.2, 0.25) is 0 Å². The average Bonchev–Trinajstić information content (AvgIpc) is 2.14. The SMILES string of the molecule is NC1=CC(=S=O)N=N1. The van der Waals surface area contributed by atoms with E-state index in [0.29, 0.717) is 10.8 Å². The Morgan fingerprint density at radius 2 is 2.38 bits per heavy atom. The zero-order chi connectivity index (χ0) is 5.98. The molecule has 0 amide bonds. The fraction of sp³-hybridized carbons (Fsp3) is 0. The first kappa shape index (κ1) is 5.17. The predicted octanol–water partition coefficient (Wildman–Crippen LogP) is -0.405. The van der Waals surface area contributed by atoms with Crippen molar-refractivity contribution < 1.29 is 4.21 Å². The smallest absolute Gasteiger partial charge is 0.182 e. The lowest BCUT2D eigenvalue weighted by Gasteiger charge is -1.71. The van der Waals surface area contributed by atoms with Crippen molar-refractivity contribution in [1.82, 2.24) is 0 Å². The highest BCUT2D eigenvalue weighted by atomic mass is 32.1. The maximum Gasteiger partial charge on any atom is 0.182 e. The topological polar surface area (TPSA) is 67.8 Å². The van der Waals surface area contributed by atoms with Gasteiger partial charge in [-0.05, 0) is 0 Å². The van der Waals surface area contributed by atoms with E-state index in [0.717, 1.165) is 0 Å². The average molecular weight is 129 g/mol. The Kier molecular flexibility index (Phi) is 1.21. The monoisotopic (exact) mass is 129 g/mol. The summed E-state index contributed by atoms with van der Waals surface area (Å²) in [5.41, 5.74) is 5.13. The van der Waals surface area contributed by atoms with Gasteiger partial charge in [0.15, 0.2) is 4.99 Å². The standard InChI is InChI=1S/C3H3N3OS/c4-2-1-3(8-7)6-5-2/h1H,4H2. The zero-order valence-electron chi connectivity index (χ0n) is 3.87. The van der Waals surface area contributed by atoms with Gasteiger partial charge in [0.05, 0.1) is 0 Å². The molecule has 0 radical (unpaired) electrons. The highest BCUT2D eigenvalue weighted by Crippen LogP contribution is 1.98. The summed E-state index contributed by atoms with van der Waals surface area (Å²) >= 11 is 0.286. The third-order valence-corrected chi connectivity index (χ3v) is 0.991. The Morgan fingerprint density at radius 3 is 2.62 bits per heavy atom. The fourth-order valence-corrected chi connectivity index (χ4v) is 0.575. The van der Waals surface area contributed by atoms with E-state index in [4.69, 9.17) is 5.73 Å². The van der Waals surface area contributed by atoms with Crippen LogP contribution in [0.1, 0.15) is 0 Å². The largest absolute Gasteiger partial charge is 0.382 e. The lowest BCUT2D eigenvalue weighted by atomic mass is 10.6. The molecular weight excluding hydrogens is 126 g/mol. The highest BCUT2D eigenvalue weighted by Gasteiger charge is 1.99. The Labute approximate surface area is 49.2 Å². The van der Waals surface area contributed by atoms with Crippen LogP contribution in [0.4, 0.5) is 0 Å². The van der Waals surface area contributed by atoms with Gasteiger partial charge < -0.3 is 5.73 Å². The van der Waals surface area contributed by atoms with E-state index < -0.39 is 0 Å². The van der Waals surface area contributed by atoms with Crippen LogP contribution in [0.15, 0.2) is 22.1 Å². The maximum atomic E-state index is 9.90. The second-order valence-electron chi connectivity index (χ2n) is 1.19. The molecule has 1 rings (SSSR count). The Morgan fingerprint density at radius 1 is 1.62 bits per heavy atom. The summed E-state index contributed by atoms with van der Waals surface area (Å²) < 4.78 is 9.90. The van der Waals surface area contributed by atoms with E-state index in [-0.39, 0.29) is 11.3 Å². The number of nitrogens with zero attached hydrogens (tertiary/aromatic N) is 2. The van der Waals surface area contributed by atoms with Crippen molar-refractivity contribution in [2.24, 2.45) is 16.0 Å². The molecule has 0 aromatic rings. The van der Waals surface area contributed by atoms with Crippen molar-refractivity contribution in [3.8, 4) is 0 Å². The van der Waals surface area contributed by atoms with Gasteiger partial charge in [0.1, 0.15) is 17.1 Å². The summed E-state index contributed by atoms with van der Waals surface area (Å²) in [4.78, 5) is 0.322. The highest BCUT2D eigenvalue weighted by molar-refractivity contribution is 7.66. The summed E-state index contributed by atoms with van der Waals surface area (Å²) in [7, 11) is 0. The van der Waals surface area contributed by atoms with Crippen LogP contribution < -0.4 is 5.73 Å². The van der Waals surface area contributed by atoms with Crippen molar-refractivity contribution in [3.63, 3.8) is 0 Å². The molecule has 2 N–H and O–H groups in total. The lowest BCUT2D eigenvalue weighted by molar-refractivity contribution is 0.701. The van der Waals surface area contributed by atoms with Gasteiger partial charge in [0.25, 0.3) is 0 Å². The minimum Gasteiger partial charge on any atom is -0.382 e. The Balaban J connectivity index is 3.01. The number of azo groups is 1. The molecule has 0 fully saturated rings. The Hall–Kier alpha value is -0.970. The molecule has 0 unspecified atom stereocenters. The van der Waals surface area contributed by atoms with Crippen LogP contribution in [0.5, 0.6) is 0 Å². The van der Waals surface area contributed by atoms with Crippen molar-refractivity contribution >= 4 is 16.2 Å². The number of rotatable bonds is 0. The molecule has 1 aliphatic rings. The molecule has 1 heterocycles. The molecule has 5 heteroatoms. The van der Waals surface area contributed by atoms with Crippen LogP contribution in [0.3, 0.4) is 0 Å². The first-order chi connectivity index (χ1) is 3.83. The van der Waals surface area contributed by atoms with Crippen molar-refractivity contribution in [2.45, 2.75) is 0 Å². The van der Waals surface area contributed by atoms with E-state index >= 15 is 0 Å². The van der Waals surface area contributed by atoms with E-state index in [1.54, 1.807) is 0 Å². The predicted molar refractivity (Wildman–Crippen MR) is 30.3 cm³/mol. The molecule has 0 spiro atoms. The number of hydrogen-bond acceptors (Lipinski definition) is 3. The molecule has 4 nitrogen and oxygen atoms in total. The van der Waals surface area contributed by atoms with Gasteiger partial charge >= 0.3 is 0 Å². The van der Waals surface area contributed by atoms with Crippen LogP contribution in [-0.4, -0.2) is 9.20 Å². The first-order valence-corrected chi connectivity index (χ1v) is 2.63. The minimum absolute atomic E-state index is 0.286. The second-order valence-corrected chi connectivity index (χ2v) is 1.78. The molecule has 0 bridgehead atoms. The molecular formula is C3H3N3OS. The van der Waals surface area contributed by atoms with E-state index in [1.807, 2.05) is 0 Å². The molecule has 0 atom stereocenters. The van der Waals surface area contributed by atoms with Crippen molar-refractivity contribution in [3.05, 3.63) is 11.9 Å². The Bertz CT molecular complexity index is 213. The lowest BCUT2D eigenvalue weighted by Crippen LogP contribution is -1.89. The normalized spacial score (nSPS) is 16.5. The van der Waals surface area contributed by atoms with Crippen LogP contribution in [0.25, 0.3) is 0 Å². The van der Waals surface area contributed by atoms with Gasteiger partial charge in [-0.1, -0.05) is 0 Å². The van der Waals surface area contributed by atoms with Crippen LogP contribution >= 0.6 is 0 Å². The van der Waals surface area contributed by atoms with Crippen LogP contribution in [0, 0.1) is 0 Å². The molecule has 0 aliphatic carbocycles. The van der Waals surface area contributed by atoms with Gasteiger partial charge in [0.2, 0.25) is 0 Å². The van der Waals surface area contributed by atoms with Gasteiger partial charge in [-0.15, -0.1) is 10.2 Å². The first-order valence-electron chi connectivity index (χ1n) is 1.88. The number of nitrogens with two attached hydrogens (primary N) is 1. The summed E-state index contributed by atoms with van der Waals surface area (Å²) in [6.07, 6.45) is 1.43. The summed E-state index contributed by atoms with van der Waals surface area (Å²) in [6, 6.07) is 0. The van der Waals surface area contributed by atoms with E-state index in [2.05, 4.69) is 10.2 Å². The summed E-state index contributed by atoms with van der Waals surface area (Å²) in [5, 5.41) is 6.80. The fourth-order valence-electron chi connectivity index (χ4n) is 0.332. The van der Waals surface area contributed by atoms with E-state index in [9.17, 15) is 4.21 Å². The van der Waals surface area contributed by atoms with Crippen LogP contribution in [-0.2, 0) is 11.3 Å². The van der Waals surface area contributed by atoms with Gasteiger partial charge in [-0.3, -0.25) is 0 Å². The van der Waals surface area contributed by atoms with Gasteiger partial charge in [0, 0.05) is 6.08 Å². The molecule has 0 saturated carbocycles. The molecule has 8 heavy (non-hydrogen) atoms. The van der Waals surface area contributed by atoms with Gasteiger partial charge in [-0.25, -0.2) is 4.21 Å². The van der Waals surface area contributed by atoms with Crippen molar-refractivity contribution in [2.75, 3.05) is 0 Å². The quantitative estimate of drug-likeness (QED) is 0.452. The summed E-state index contributed by atoms with van der Waals surface area (Å²) in [5.74, 6) is 0.295. The molecule has 0 aromatic heterocycles. The molecule has 0 aromatic carbocycles. The zero-order valence-corrected chi connectivity index (χ0v) is 4.68. The third-order valence-electron chi connectivity index (χ3n) is 0.621. The summed E-state index contributed by atoms with van der Waals surface area (Å²) in [6.45, 7) is 0.